The van der Waals surface area contributed by atoms with Crippen molar-refractivity contribution in [1.29, 1.82) is 0 Å². The normalized spacial score (nSPS) is 28.5. The van der Waals surface area contributed by atoms with Gasteiger partial charge in [0.15, 0.2) is 0 Å². The summed E-state index contributed by atoms with van der Waals surface area (Å²) < 4.78 is 5.46. The predicted molar refractivity (Wildman–Crippen MR) is 44.8 cm³/mol. The van der Waals surface area contributed by atoms with Crippen molar-refractivity contribution in [3.63, 3.8) is 0 Å². The Balaban J connectivity index is 2.04. The molecule has 1 heterocycles. The zero-order chi connectivity index (χ0) is 8.55. The van der Waals surface area contributed by atoms with Gasteiger partial charge in [0.25, 0.3) is 0 Å². The minimum atomic E-state index is 0.549. The van der Waals surface area contributed by atoms with E-state index in [1.165, 1.54) is 12.8 Å². The molecule has 0 unspecified atom stereocenters. The Labute approximate surface area is 72.2 Å². The molecule has 0 amide bonds. The Bertz CT molecular complexity index is 263. The van der Waals surface area contributed by atoms with E-state index in [2.05, 4.69) is 17.1 Å². The molecule has 0 aromatic carbocycles. The van der Waals surface area contributed by atoms with Gasteiger partial charge >= 0.3 is 0 Å². The van der Waals surface area contributed by atoms with Gasteiger partial charge < -0.3 is 4.42 Å². The van der Waals surface area contributed by atoms with Gasteiger partial charge in [-0.15, -0.1) is 10.2 Å². The van der Waals surface area contributed by atoms with Gasteiger partial charge in [-0.2, -0.15) is 0 Å². The predicted octanol–water partition coefficient (Wildman–Crippen LogP) is 2.15. The Morgan fingerprint density at radius 2 is 2.17 bits per heavy atom. The molecular weight excluding hydrogens is 152 g/mol. The maximum atomic E-state index is 5.46. The van der Waals surface area contributed by atoms with Crippen molar-refractivity contribution in [1.82, 2.24) is 10.2 Å². The standard InChI is InChI=1S/C9H14N2O/c1-3-8-10-11-9(12-8)7-4-6(2)5-7/h6-7H,3-5H2,1-2H3. The highest BCUT2D eigenvalue weighted by Crippen LogP contribution is 2.40. The summed E-state index contributed by atoms with van der Waals surface area (Å²) in [6.45, 7) is 4.29. The molecule has 12 heavy (non-hydrogen) atoms. The molecule has 0 N–H and O–H groups in total. The molecule has 1 aromatic heterocycles. The first-order valence-corrected chi connectivity index (χ1v) is 4.62. The van der Waals surface area contributed by atoms with Crippen LogP contribution in [0.2, 0.25) is 0 Å². The molecule has 1 aliphatic rings. The summed E-state index contributed by atoms with van der Waals surface area (Å²) in [6, 6.07) is 0. The summed E-state index contributed by atoms with van der Waals surface area (Å²) in [7, 11) is 0. The molecular formula is C9H14N2O. The largest absolute Gasteiger partial charge is 0.425 e. The van der Waals surface area contributed by atoms with E-state index in [0.29, 0.717) is 5.92 Å². The lowest BCUT2D eigenvalue weighted by molar-refractivity contribution is 0.242. The van der Waals surface area contributed by atoms with E-state index in [-0.39, 0.29) is 0 Å². The van der Waals surface area contributed by atoms with Crippen molar-refractivity contribution >= 4 is 0 Å². The van der Waals surface area contributed by atoms with Gasteiger partial charge in [0.1, 0.15) is 0 Å². The number of aromatic nitrogens is 2. The Hall–Kier alpha value is -0.860. The fourth-order valence-corrected chi connectivity index (χ4v) is 1.68. The van der Waals surface area contributed by atoms with Gasteiger partial charge in [0, 0.05) is 12.3 Å². The van der Waals surface area contributed by atoms with Crippen molar-refractivity contribution in [3.05, 3.63) is 11.8 Å². The third-order valence-corrected chi connectivity index (χ3v) is 2.51. The molecule has 0 aliphatic heterocycles. The fourth-order valence-electron chi connectivity index (χ4n) is 1.68. The second kappa shape index (κ2) is 2.88. The number of hydrogen-bond acceptors (Lipinski definition) is 3. The third kappa shape index (κ3) is 1.24. The molecule has 1 aliphatic carbocycles. The van der Waals surface area contributed by atoms with E-state index in [0.717, 1.165) is 24.1 Å². The Kier molecular flexibility index (Phi) is 1.87. The van der Waals surface area contributed by atoms with Gasteiger partial charge in [-0.05, 0) is 18.8 Å². The molecule has 0 spiro atoms. The van der Waals surface area contributed by atoms with Gasteiger partial charge in [-0.1, -0.05) is 13.8 Å². The zero-order valence-electron chi connectivity index (χ0n) is 7.58. The van der Waals surface area contributed by atoms with Gasteiger partial charge in [-0.3, -0.25) is 0 Å². The van der Waals surface area contributed by atoms with Crippen LogP contribution >= 0.6 is 0 Å². The second-order valence-corrected chi connectivity index (χ2v) is 3.66. The highest BCUT2D eigenvalue weighted by Gasteiger charge is 2.30. The minimum Gasteiger partial charge on any atom is -0.425 e. The first-order valence-electron chi connectivity index (χ1n) is 4.62. The number of rotatable bonds is 2. The third-order valence-electron chi connectivity index (χ3n) is 2.51. The molecule has 0 saturated heterocycles. The molecule has 2 rings (SSSR count). The lowest BCUT2D eigenvalue weighted by Gasteiger charge is -2.29. The van der Waals surface area contributed by atoms with Gasteiger partial charge in [0.05, 0.1) is 0 Å². The van der Waals surface area contributed by atoms with Crippen LogP contribution < -0.4 is 0 Å². The minimum absolute atomic E-state index is 0.549. The van der Waals surface area contributed by atoms with E-state index >= 15 is 0 Å². The highest BCUT2D eigenvalue weighted by molar-refractivity contribution is 4.98. The summed E-state index contributed by atoms with van der Waals surface area (Å²) in [5.41, 5.74) is 0. The number of nitrogens with zero attached hydrogens (tertiary/aromatic N) is 2. The SMILES string of the molecule is CCc1nnc(C2CC(C)C2)o1. The monoisotopic (exact) mass is 166 g/mol. The van der Waals surface area contributed by atoms with Crippen LogP contribution in [0, 0.1) is 5.92 Å². The smallest absolute Gasteiger partial charge is 0.219 e. The first kappa shape index (κ1) is 7.77. The van der Waals surface area contributed by atoms with E-state index in [4.69, 9.17) is 4.42 Å². The molecule has 1 aromatic rings. The Morgan fingerprint density at radius 3 is 2.67 bits per heavy atom. The molecule has 0 atom stereocenters. The van der Waals surface area contributed by atoms with Crippen LogP contribution in [0.4, 0.5) is 0 Å². The van der Waals surface area contributed by atoms with E-state index in [1.54, 1.807) is 0 Å². The Morgan fingerprint density at radius 1 is 1.42 bits per heavy atom. The maximum absolute atomic E-state index is 5.46. The van der Waals surface area contributed by atoms with Crippen molar-refractivity contribution in [3.8, 4) is 0 Å². The van der Waals surface area contributed by atoms with E-state index in [9.17, 15) is 0 Å². The van der Waals surface area contributed by atoms with Crippen LogP contribution in [0.15, 0.2) is 4.42 Å². The molecule has 3 heteroatoms. The molecule has 0 radical (unpaired) electrons. The van der Waals surface area contributed by atoms with Crippen molar-refractivity contribution < 1.29 is 4.42 Å². The fraction of sp³-hybridized carbons (Fsp3) is 0.778. The van der Waals surface area contributed by atoms with Gasteiger partial charge in [0.2, 0.25) is 11.8 Å². The zero-order valence-corrected chi connectivity index (χ0v) is 7.58. The molecule has 3 nitrogen and oxygen atoms in total. The van der Waals surface area contributed by atoms with Crippen LogP contribution in [0.3, 0.4) is 0 Å². The van der Waals surface area contributed by atoms with E-state index in [1.807, 2.05) is 6.92 Å². The summed E-state index contributed by atoms with van der Waals surface area (Å²) in [4.78, 5) is 0. The van der Waals surface area contributed by atoms with Crippen molar-refractivity contribution in [2.45, 2.75) is 39.0 Å². The second-order valence-electron chi connectivity index (χ2n) is 3.66. The van der Waals surface area contributed by atoms with Crippen LogP contribution in [-0.2, 0) is 6.42 Å². The molecule has 66 valence electrons. The van der Waals surface area contributed by atoms with Crippen LogP contribution in [0.1, 0.15) is 44.4 Å². The lowest BCUT2D eigenvalue weighted by Crippen LogP contribution is -2.19. The van der Waals surface area contributed by atoms with E-state index < -0.39 is 0 Å². The maximum Gasteiger partial charge on any atom is 0.219 e. The van der Waals surface area contributed by atoms with Crippen LogP contribution in [0.25, 0.3) is 0 Å². The number of hydrogen-bond donors (Lipinski definition) is 0. The van der Waals surface area contributed by atoms with Crippen molar-refractivity contribution in [2.75, 3.05) is 0 Å². The van der Waals surface area contributed by atoms with Crippen LogP contribution in [0.5, 0.6) is 0 Å². The lowest BCUT2D eigenvalue weighted by atomic mass is 9.76. The summed E-state index contributed by atoms with van der Waals surface area (Å²) in [6.07, 6.45) is 3.27. The summed E-state index contributed by atoms with van der Waals surface area (Å²) >= 11 is 0. The quantitative estimate of drug-likeness (QED) is 0.675. The molecule has 0 bridgehead atoms. The number of aryl methyl sites for hydroxylation is 1. The highest BCUT2D eigenvalue weighted by atomic mass is 16.4. The summed E-state index contributed by atoms with van der Waals surface area (Å²) in [5, 5.41) is 7.97. The average Bonchev–Trinajstić information content (AvgIpc) is 2.46. The van der Waals surface area contributed by atoms with Gasteiger partial charge in [-0.25, -0.2) is 0 Å². The topological polar surface area (TPSA) is 38.9 Å². The molecule has 1 saturated carbocycles. The summed E-state index contributed by atoms with van der Waals surface area (Å²) in [5.74, 6) is 3.01. The van der Waals surface area contributed by atoms with Crippen molar-refractivity contribution in [2.24, 2.45) is 5.92 Å². The molecule has 1 fully saturated rings. The first-order chi connectivity index (χ1) is 5.79. The van der Waals surface area contributed by atoms with Crippen LogP contribution in [-0.4, -0.2) is 10.2 Å². The average molecular weight is 166 g/mol.